The van der Waals surface area contributed by atoms with Gasteiger partial charge in [0.2, 0.25) is 5.82 Å². The molecule has 6 nitrogen and oxygen atoms in total. The van der Waals surface area contributed by atoms with Gasteiger partial charge in [-0.05, 0) is 0 Å². The number of hydrogen-bond donors (Lipinski definition) is 3. The molecule has 8 heteroatoms. The Morgan fingerprint density at radius 1 is 1.56 bits per heavy atom. The molecule has 0 bridgehead atoms. The summed E-state index contributed by atoms with van der Waals surface area (Å²) < 4.78 is 32.4. The van der Waals surface area contributed by atoms with E-state index in [1.165, 1.54) is 0 Å². The van der Waals surface area contributed by atoms with Crippen LogP contribution in [0.5, 0.6) is 0 Å². The lowest BCUT2D eigenvalue weighted by molar-refractivity contribution is -0.0460. The lowest BCUT2D eigenvalue weighted by atomic mass is 10.2. The fourth-order valence-electron chi connectivity index (χ4n) is 1.85. The van der Waals surface area contributed by atoms with Gasteiger partial charge in [-0.3, -0.25) is 9.36 Å². The van der Waals surface area contributed by atoms with Crippen molar-refractivity contribution in [2.24, 2.45) is 0 Å². The summed E-state index contributed by atoms with van der Waals surface area (Å²) in [6.07, 6.45) is -2.25. The first-order chi connectivity index (χ1) is 8.45. The van der Waals surface area contributed by atoms with Gasteiger partial charge in [0.05, 0.1) is 12.7 Å². The van der Waals surface area contributed by atoms with Crippen LogP contribution in [0.2, 0.25) is 0 Å². The van der Waals surface area contributed by atoms with E-state index >= 15 is 0 Å². The molecule has 1 aliphatic rings. The SMILES string of the molecule is Nc1c(F)cn([C@H]2C[C@H](O)[C@@H](CO)O2)c(=O)c1F. The number of anilines is 1. The van der Waals surface area contributed by atoms with E-state index in [1.807, 2.05) is 0 Å². The van der Waals surface area contributed by atoms with Crippen molar-refractivity contribution in [2.45, 2.75) is 24.9 Å². The number of ether oxygens (including phenoxy) is 1. The molecule has 3 atom stereocenters. The van der Waals surface area contributed by atoms with E-state index in [9.17, 15) is 18.7 Å². The zero-order valence-corrected chi connectivity index (χ0v) is 9.22. The van der Waals surface area contributed by atoms with Gasteiger partial charge in [-0.1, -0.05) is 0 Å². The summed E-state index contributed by atoms with van der Waals surface area (Å²) in [5.41, 5.74) is 3.05. The highest BCUT2D eigenvalue weighted by Crippen LogP contribution is 2.28. The molecule has 0 amide bonds. The van der Waals surface area contributed by atoms with Crippen LogP contribution in [0.15, 0.2) is 11.0 Å². The third-order valence-electron chi connectivity index (χ3n) is 2.86. The molecular formula is C10H12F2N2O4. The van der Waals surface area contributed by atoms with Crippen molar-refractivity contribution in [3.63, 3.8) is 0 Å². The molecular weight excluding hydrogens is 250 g/mol. The van der Waals surface area contributed by atoms with Crippen molar-refractivity contribution < 1.29 is 23.7 Å². The topological polar surface area (TPSA) is 97.7 Å². The largest absolute Gasteiger partial charge is 0.394 e. The number of pyridine rings is 1. The van der Waals surface area contributed by atoms with E-state index < -0.39 is 47.9 Å². The van der Waals surface area contributed by atoms with Crippen LogP contribution in [-0.2, 0) is 4.74 Å². The zero-order chi connectivity index (χ0) is 13.4. The summed E-state index contributed by atoms with van der Waals surface area (Å²) in [5, 5.41) is 18.4. The van der Waals surface area contributed by atoms with E-state index in [0.717, 1.165) is 6.20 Å². The van der Waals surface area contributed by atoms with Crippen molar-refractivity contribution in [3.8, 4) is 0 Å². The Labute approximate surface area is 100 Å². The maximum Gasteiger partial charge on any atom is 0.291 e. The van der Waals surface area contributed by atoms with Gasteiger partial charge < -0.3 is 20.7 Å². The van der Waals surface area contributed by atoms with Crippen molar-refractivity contribution in [1.82, 2.24) is 4.57 Å². The Balaban J connectivity index is 2.39. The van der Waals surface area contributed by atoms with Crippen molar-refractivity contribution in [2.75, 3.05) is 12.3 Å². The maximum absolute atomic E-state index is 13.3. The van der Waals surface area contributed by atoms with Crippen LogP contribution in [-0.4, -0.2) is 33.6 Å². The van der Waals surface area contributed by atoms with Gasteiger partial charge in [-0.2, -0.15) is 4.39 Å². The van der Waals surface area contributed by atoms with Crippen LogP contribution >= 0.6 is 0 Å². The summed E-state index contributed by atoms with van der Waals surface area (Å²) in [6.45, 7) is -0.452. The molecule has 0 saturated carbocycles. The van der Waals surface area contributed by atoms with Gasteiger partial charge in [-0.25, -0.2) is 4.39 Å². The minimum Gasteiger partial charge on any atom is -0.394 e. The molecule has 2 rings (SSSR count). The van der Waals surface area contributed by atoms with Crippen LogP contribution in [0.3, 0.4) is 0 Å². The third-order valence-corrected chi connectivity index (χ3v) is 2.86. The predicted octanol–water partition coefficient (Wildman–Crippen LogP) is -0.651. The number of aromatic nitrogens is 1. The van der Waals surface area contributed by atoms with Gasteiger partial charge in [-0.15, -0.1) is 0 Å². The monoisotopic (exact) mass is 262 g/mol. The molecule has 1 aliphatic heterocycles. The number of nitrogen functional groups attached to an aromatic ring is 1. The normalized spacial score (nSPS) is 27.7. The lowest BCUT2D eigenvalue weighted by Crippen LogP contribution is -2.29. The van der Waals surface area contributed by atoms with Crippen LogP contribution < -0.4 is 11.3 Å². The Kier molecular flexibility index (Phi) is 3.33. The van der Waals surface area contributed by atoms with Crippen molar-refractivity contribution in [1.29, 1.82) is 0 Å². The van der Waals surface area contributed by atoms with E-state index in [4.69, 9.17) is 15.6 Å². The van der Waals surface area contributed by atoms with Crippen LogP contribution in [0.4, 0.5) is 14.5 Å². The quantitative estimate of drug-likeness (QED) is 0.658. The minimum absolute atomic E-state index is 0.0477. The molecule has 4 N–H and O–H groups in total. The summed E-state index contributed by atoms with van der Waals surface area (Å²) in [5.74, 6) is -2.49. The number of hydrogen-bond acceptors (Lipinski definition) is 5. The Hall–Kier alpha value is -1.51. The van der Waals surface area contributed by atoms with Gasteiger partial charge in [0.25, 0.3) is 5.56 Å². The third kappa shape index (κ3) is 1.98. The first-order valence-corrected chi connectivity index (χ1v) is 5.25. The molecule has 0 unspecified atom stereocenters. The second-order valence-corrected chi connectivity index (χ2v) is 4.03. The smallest absolute Gasteiger partial charge is 0.291 e. The number of aliphatic hydroxyl groups is 2. The van der Waals surface area contributed by atoms with Crippen molar-refractivity contribution in [3.05, 3.63) is 28.2 Å². The molecule has 1 aromatic heterocycles. The number of nitrogens with two attached hydrogens (primary N) is 1. The zero-order valence-electron chi connectivity index (χ0n) is 9.22. The summed E-state index contributed by atoms with van der Waals surface area (Å²) in [7, 11) is 0. The average Bonchev–Trinajstić information content (AvgIpc) is 2.72. The van der Waals surface area contributed by atoms with Crippen LogP contribution in [0.25, 0.3) is 0 Å². The predicted molar refractivity (Wildman–Crippen MR) is 56.7 cm³/mol. The molecule has 0 spiro atoms. The van der Waals surface area contributed by atoms with Gasteiger partial charge in [0, 0.05) is 12.6 Å². The fourth-order valence-corrected chi connectivity index (χ4v) is 1.85. The van der Waals surface area contributed by atoms with E-state index in [2.05, 4.69) is 0 Å². The molecule has 18 heavy (non-hydrogen) atoms. The maximum atomic E-state index is 13.3. The molecule has 0 radical (unpaired) electrons. The highest BCUT2D eigenvalue weighted by Gasteiger charge is 2.35. The molecule has 2 heterocycles. The van der Waals surface area contributed by atoms with Gasteiger partial charge >= 0.3 is 0 Å². The number of rotatable bonds is 2. The second-order valence-electron chi connectivity index (χ2n) is 4.03. The summed E-state index contributed by atoms with van der Waals surface area (Å²) in [4.78, 5) is 11.5. The number of aliphatic hydroxyl groups excluding tert-OH is 2. The lowest BCUT2D eigenvalue weighted by Gasteiger charge is -2.15. The summed E-state index contributed by atoms with van der Waals surface area (Å²) in [6, 6.07) is 0. The average molecular weight is 262 g/mol. The van der Waals surface area contributed by atoms with Crippen LogP contribution in [0, 0.1) is 11.6 Å². The highest BCUT2D eigenvalue weighted by atomic mass is 19.1. The number of halogens is 2. The second kappa shape index (κ2) is 4.63. The molecule has 0 aliphatic carbocycles. The first kappa shape index (κ1) is 12.9. The molecule has 0 aromatic carbocycles. The Morgan fingerprint density at radius 3 is 2.78 bits per heavy atom. The van der Waals surface area contributed by atoms with Gasteiger partial charge in [0.1, 0.15) is 18.0 Å². The Bertz CT molecular complexity index is 519. The van der Waals surface area contributed by atoms with E-state index in [-0.39, 0.29) is 6.42 Å². The minimum atomic E-state index is -1.40. The summed E-state index contributed by atoms with van der Waals surface area (Å²) >= 11 is 0. The molecule has 1 fully saturated rings. The Morgan fingerprint density at radius 2 is 2.22 bits per heavy atom. The van der Waals surface area contributed by atoms with Crippen LogP contribution in [0.1, 0.15) is 12.6 Å². The molecule has 100 valence electrons. The fraction of sp³-hybridized carbons (Fsp3) is 0.500. The first-order valence-electron chi connectivity index (χ1n) is 5.25. The standard InChI is InChI=1S/C10H12F2N2O4/c11-4-2-14(10(17)8(12)9(4)13)7-1-5(16)6(3-15)18-7/h2,5-7,15-16H,1,3,13H2/t5-,6+,7+/m0/s1. The van der Waals surface area contributed by atoms with Gasteiger partial charge in [0.15, 0.2) is 5.82 Å². The van der Waals surface area contributed by atoms with E-state index in [1.54, 1.807) is 0 Å². The molecule has 1 saturated heterocycles. The highest BCUT2D eigenvalue weighted by molar-refractivity contribution is 5.38. The number of nitrogens with zero attached hydrogens (tertiary/aromatic N) is 1. The van der Waals surface area contributed by atoms with E-state index in [0.29, 0.717) is 4.57 Å². The molecule has 1 aromatic rings. The van der Waals surface area contributed by atoms with Crippen molar-refractivity contribution >= 4 is 5.69 Å².